The highest BCUT2D eigenvalue weighted by molar-refractivity contribution is 6.31. The molecule has 0 unspecified atom stereocenters. The first-order valence-corrected chi connectivity index (χ1v) is 10.4. The van der Waals surface area contributed by atoms with Crippen LogP contribution < -0.4 is 19.9 Å². The number of methoxy groups -OCH3 is 2. The first-order chi connectivity index (χ1) is 14.7. The van der Waals surface area contributed by atoms with Gasteiger partial charge in [-0.05, 0) is 42.7 Å². The van der Waals surface area contributed by atoms with E-state index in [0.29, 0.717) is 45.1 Å². The van der Waals surface area contributed by atoms with Crippen molar-refractivity contribution in [1.82, 2.24) is 4.57 Å². The van der Waals surface area contributed by atoms with E-state index in [-0.39, 0.29) is 17.4 Å². The van der Waals surface area contributed by atoms with Gasteiger partial charge in [-0.15, -0.1) is 0 Å². The summed E-state index contributed by atoms with van der Waals surface area (Å²) >= 11 is 6.17. The number of rotatable bonds is 6. The lowest BCUT2D eigenvalue weighted by molar-refractivity contribution is 0.0993. The SMILES string of the molecule is COc1cc2c(C(=O)N(C)c3cc(Cl)ccc3C)cn(CC(C)C)c(=O)c2cc1OC. The van der Waals surface area contributed by atoms with E-state index < -0.39 is 0 Å². The van der Waals surface area contributed by atoms with Gasteiger partial charge >= 0.3 is 0 Å². The van der Waals surface area contributed by atoms with Crippen molar-refractivity contribution in [3.05, 3.63) is 63.0 Å². The summed E-state index contributed by atoms with van der Waals surface area (Å²) in [5.74, 6) is 0.865. The summed E-state index contributed by atoms with van der Waals surface area (Å²) in [4.78, 5) is 28.3. The normalized spacial score (nSPS) is 11.1. The van der Waals surface area contributed by atoms with Crippen LogP contribution in [0, 0.1) is 12.8 Å². The van der Waals surface area contributed by atoms with Crippen LogP contribution in [0.25, 0.3) is 10.8 Å². The number of benzene rings is 2. The predicted molar refractivity (Wildman–Crippen MR) is 125 cm³/mol. The molecule has 0 spiro atoms. The molecule has 3 aromatic rings. The van der Waals surface area contributed by atoms with E-state index in [1.54, 1.807) is 47.0 Å². The highest BCUT2D eigenvalue weighted by atomic mass is 35.5. The lowest BCUT2D eigenvalue weighted by Crippen LogP contribution is -2.30. The fraction of sp³-hybridized carbons (Fsp3) is 0.333. The highest BCUT2D eigenvalue weighted by Crippen LogP contribution is 2.33. The molecule has 0 aliphatic carbocycles. The molecule has 2 aromatic carbocycles. The molecule has 31 heavy (non-hydrogen) atoms. The van der Waals surface area contributed by atoms with Crippen molar-refractivity contribution in [2.45, 2.75) is 27.3 Å². The van der Waals surface area contributed by atoms with E-state index >= 15 is 0 Å². The van der Waals surface area contributed by atoms with Crippen molar-refractivity contribution in [3.63, 3.8) is 0 Å². The standard InChI is InChI=1S/C24H27ClN2O4/c1-14(2)12-27-13-19(23(28)26(4)20-9-16(25)8-7-15(20)3)17-10-21(30-5)22(31-6)11-18(17)24(27)29/h7-11,13-14H,12H2,1-6H3. The molecule has 7 heteroatoms. The topological polar surface area (TPSA) is 60.8 Å². The number of carbonyl (C=O) groups excluding carboxylic acids is 1. The van der Waals surface area contributed by atoms with Gasteiger partial charge in [0, 0.05) is 35.9 Å². The molecule has 0 fully saturated rings. The minimum Gasteiger partial charge on any atom is -0.493 e. The second-order valence-corrected chi connectivity index (χ2v) is 8.38. The number of pyridine rings is 1. The summed E-state index contributed by atoms with van der Waals surface area (Å²) in [6.45, 7) is 6.45. The molecule has 1 heterocycles. The Morgan fingerprint density at radius 1 is 1.10 bits per heavy atom. The fourth-order valence-corrected chi connectivity index (χ4v) is 3.82. The van der Waals surface area contributed by atoms with Gasteiger partial charge in [-0.25, -0.2) is 0 Å². The molecule has 0 radical (unpaired) electrons. The lowest BCUT2D eigenvalue weighted by atomic mass is 10.0. The molecular weight excluding hydrogens is 416 g/mol. The zero-order valence-corrected chi connectivity index (χ0v) is 19.4. The van der Waals surface area contributed by atoms with Crippen molar-refractivity contribution in [2.24, 2.45) is 5.92 Å². The molecule has 0 aliphatic heterocycles. The van der Waals surface area contributed by atoms with E-state index in [1.807, 2.05) is 26.8 Å². The maximum Gasteiger partial charge on any atom is 0.260 e. The molecular formula is C24H27ClN2O4. The molecule has 0 bridgehead atoms. The third kappa shape index (κ3) is 4.39. The van der Waals surface area contributed by atoms with Crippen LogP contribution in [0.2, 0.25) is 5.02 Å². The first-order valence-electron chi connectivity index (χ1n) is 10.0. The van der Waals surface area contributed by atoms with Gasteiger partial charge in [0.15, 0.2) is 11.5 Å². The molecule has 6 nitrogen and oxygen atoms in total. The van der Waals surface area contributed by atoms with Crippen LogP contribution in [0.1, 0.15) is 29.8 Å². The third-order valence-corrected chi connectivity index (χ3v) is 5.45. The second-order valence-electron chi connectivity index (χ2n) is 7.94. The van der Waals surface area contributed by atoms with E-state index in [2.05, 4.69) is 0 Å². The van der Waals surface area contributed by atoms with Crippen LogP contribution in [0.5, 0.6) is 11.5 Å². The molecule has 0 atom stereocenters. The quantitative estimate of drug-likeness (QED) is 0.544. The number of nitrogens with zero attached hydrogens (tertiary/aromatic N) is 2. The van der Waals surface area contributed by atoms with Crippen molar-refractivity contribution < 1.29 is 14.3 Å². The lowest BCUT2D eigenvalue weighted by Gasteiger charge is -2.22. The fourth-order valence-electron chi connectivity index (χ4n) is 3.65. The summed E-state index contributed by atoms with van der Waals surface area (Å²) < 4.78 is 12.4. The monoisotopic (exact) mass is 442 g/mol. The van der Waals surface area contributed by atoms with Gasteiger partial charge in [-0.2, -0.15) is 0 Å². The smallest absolute Gasteiger partial charge is 0.260 e. The van der Waals surface area contributed by atoms with Gasteiger partial charge in [-0.3, -0.25) is 9.59 Å². The number of aromatic nitrogens is 1. The van der Waals surface area contributed by atoms with Crippen LogP contribution in [-0.2, 0) is 6.54 Å². The number of fused-ring (bicyclic) bond motifs is 1. The molecule has 0 aliphatic rings. The van der Waals surface area contributed by atoms with Crippen LogP contribution in [-0.4, -0.2) is 31.7 Å². The number of anilines is 1. The predicted octanol–water partition coefficient (Wildman–Crippen LogP) is 4.91. The molecule has 1 amide bonds. The van der Waals surface area contributed by atoms with E-state index in [0.717, 1.165) is 5.56 Å². The summed E-state index contributed by atoms with van der Waals surface area (Å²) in [5.41, 5.74) is 1.84. The Balaban J connectivity index is 2.28. The zero-order chi connectivity index (χ0) is 22.9. The number of amides is 1. The number of hydrogen-bond acceptors (Lipinski definition) is 4. The van der Waals surface area contributed by atoms with Gasteiger partial charge in [0.05, 0.1) is 25.2 Å². The zero-order valence-electron chi connectivity index (χ0n) is 18.7. The minimum absolute atomic E-state index is 0.178. The maximum atomic E-state index is 13.6. The van der Waals surface area contributed by atoms with Crippen LogP contribution >= 0.6 is 11.6 Å². The summed E-state index contributed by atoms with van der Waals surface area (Å²) in [7, 11) is 4.74. The molecule has 0 saturated carbocycles. The average molecular weight is 443 g/mol. The van der Waals surface area contributed by atoms with Gasteiger partial charge in [-0.1, -0.05) is 31.5 Å². The van der Waals surface area contributed by atoms with E-state index in [9.17, 15) is 9.59 Å². The van der Waals surface area contributed by atoms with Crippen LogP contribution in [0.3, 0.4) is 0 Å². The summed E-state index contributed by atoms with van der Waals surface area (Å²) in [6, 6.07) is 8.72. The number of ether oxygens (including phenoxy) is 2. The number of halogens is 1. The first kappa shape index (κ1) is 22.7. The second kappa shape index (κ2) is 9.02. The number of carbonyl (C=O) groups is 1. The van der Waals surface area contributed by atoms with Gasteiger partial charge in [0.25, 0.3) is 11.5 Å². The molecule has 164 valence electrons. The van der Waals surface area contributed by atoms with Crippen LogP contribution in [0.4, 0.5) is 5.69 Å². The Kier molecular flexibility index (Phi) is 6.60. The third-order valence-electron chi connectivity index (χ3n) is 5.22. The van der Waals surface area contributed by atoms with E-state index in [1.165, 1.54) is 14.2 Å². The minimum atomic E-state index is -0.250. The molecule has 3 rings (SSSR count). The molecule has 0 N–H and O–H groups in total. The Morgan fingerprint density at radius 2 is 1.71 bits per heavy atom. The number of aryl methyl sites for hydroxylation is 1. The summed E-state index contributed by atoms with van der Waals surface area (Å²) in [6.07, 6.45) is 1.63. The van der Waals surface area contributed by atoms with Crippen molar-refractivity contribution in [2.75, 3.05) is 26.2 Å². The van der Waals surface area contributed by atoms with Crippen molar-refractivity contribution >= 4 is 34.0 Å². The Hall–Kier alpha value is -2.99. The van der Waals surface area contributed by atoms with Crippen molar-refractivity contribution in [1.29, 1.82) is 0 Å². The Morgan fingerprint density at radius 3 is 2.29 bits per heavy atom. The highest BCUT2D eigenvalue weighted by Gasteiger charge is 2.22. The average Bonchev–Trinajstić information content (AvgIpc) is 2.75. The summed E-state index contributed by atoms with van der Waals surface area (Å²) in [5, 5.41) is 1.46. The Labute approximate surface area is 186 Å². The van der Waals surface area contributed by atoms with Gasteiger partial charge < -0.3 is 18.9 Å². The van der Waals surface area contributed by atoms with E-state index in [4.69, 9.17) is 21.1 Å². The number of hydrogen-bond donors (Lipinski definition) is 0. The van der Waals surface area contributed by atoms with Crippen LogP contribution in [0.15, 0.2) is 41.3 Å². The molecule has 0 saturated heterocycles. The van der Waals surface area contributed by atoms with Gasteiger partial charge in [0.1, 0.15) is 0 Å². The molecule has 1 aromatic heterocycles. The Bertz CT molecular complexity index is 1200. The maximum absolute atomic E-state index is 13.6. The van der Waals surface area contributed by atoms with Crippen molar-refractivity contribution in [3.8, 4) is 11.5 Å². The largest absolute Gasteiger partial charge is 0.493 e. The van der Waals surface area contributed by atoms with Gasteiger partial charge in [0.2, 0.25) is 0 Å².